The van der Waals surface area contributed by atoms with Gasteiger partial charge in [-0.2, -0.15) is 4.98 Å². The second-order valence-corrected chi connectivity index (χ2v) is 5.05. The Morgan fingerprint density at radius 2 is 1.94 bits per heavy atom. The van der Waals surface area contributed by atoms with Gasteiger partial charge in [-0.05, 0) is 7.05 Å². The van der Waals surface area contributed by atoms with E-state index in [0.29, 0.717) is 5.82 Å². The molecule has 0 radical (unpaired) electrons. The van der Waals surface area contributed by atoms with Crippen molar-refractivity contribution in [3.8, 4) is 0 Å². The molecule has 0 spiro atoms. The highest BCUT2D eigenvalue weighted by atomic mass is 15.3. The van der Waals surface area contributed by atoms with E-state index >= 15 is 0 Å². The van der Waals surface area contributed by atoms with E-state index in [1.54, 1.807) is 0 Å². The number of nitrogen functional groups attached to an aromatic ring is 1. The number of nitrogens with one attached hydrogen (secondary N) is 1. The molecule has 2 aliphatic rings. The number of hydrogen-bond acceptors (Lipinski definition) is 6. The first-order valence-electron chi connectivity index (χ1n) is 6.53. The molecular formula is C12H20N6. The molecule has 0 aromatic carbocycles. The molecule has 3 rings (SSSR count). The molecule has 6 nitrogen and oxygen atoms in total. The molecule has 18 heavy (non-hydrogen) atoms. The quantitative estimate of drug-likeness (QED) is 0.695. The van der Waals surface area contributed by atoms with E-state index in [9.17, 15) is 0 Å². The number of nitrogens with two attached hydrogens (primary N) is 1. The summed E-state index contributed by atoms with van der Waals surface area (Å²) in [6.45, 7) is 5.85. The van der Waals surface area contributed by atoms with Gasteiger partial charge < -0.3 is 20.9 Å². The number of nitrogens with zero attached hydrogens (tertiary/aromatic N) is 4. The molecule has 98 valence electrons. The van der Waals surface area contributed by atoms with Gasteiger partial charge in [0.2, 0.25) is 5.95 Å². The Balaban J connectivity index is 1.86. The van der Waals surface area contributed by atoms with Crippen molar-refractivity contribution in [3.05, 3.63) is 11.3 Å². The molecule has 3 N–H and O–H groups in total. The van der Waals surface area contributed by atoms with Crippen LogP contribution in [0.4, 0.5) is 11.8 Å². The highest BCUT2D eigenvalue weighted by Crippen LogP contribution is 2.21. The molecule has 0 bridgehead atoms. The van der Waals surface area contributed by atoms with Crippen LogP contribution >= 0.6 is 0 Å². The Bertz CT molecular complexity index is 438. The van der Waals surface area contributed by atoms with Crippen LogP contribution < -0.4 is 16.0 Å². The van der Waals surface area contributed by atoms with Crippen LogP contribution in [0.1, 0.15) is 11.3 Å². The van der Waals surface area contributed by atoms with E-state index in [1.165, 1.54) is 0 Å². The minimum absolute atomic E-state index is 0.640. The van der Waals surface area contributed by atoms with Crippen molar-refractivity contribution in [2.24, 2.45) is 0 Å². The predicted octanol–water partition coefficient (Wildman–Crippen LogP) is -0.544. The van der Waals surface area contributed by atoms with E-state index in [1.807, 2.05) is 0 Å². The highest BCUT2D eigenvalue weighted by Gasteiger charge is 2.21. The van der Waals surface area contributed by atoms with E-state index in [4.69, 9.17) is 10.7 Å². The lowest BCUT2D eigenvalue weighted by atomic mass is 10.1. The van der Waals surface area contributed by atoms with Crippen LogP contribution in [0, 0.1) is 0 Å². The van der Waals surface area contributed by atoms with Gasteiger partial charge in [-0.15, -0.1) is 0 Å². The van der Waals surface area contributed by atoms with Crippen LogP contribution in [-0.2, 0) is 13.0 Å². The summed E-state index contributed by atoms with van der Waals surface area (Å²) in [5, 5.41) is 3.31. The number of piperazine rings is 1. The number of hydrogen-bond donors (Lipinski definition) is 2. The van der Waals surface area contributed by atoms with Crippen molar-refractivity contribution in [1.29, 1.82) is 0 Å². The molecular weight excluding hydrogens is 228 g/mol. The second kappa shape index (κ2) is 4.70. The van der Waals surface area contributed by atoms with Crippen molar-refractivity contribution < 1.29 is 0 Å². The maximum Gasteiger partial charge on any atom is 0.227 e. The van der Waals surface area contributed by atoms with Crippen LogP contribution in [0.15, 0.2) is 0 Å². The van der Waals surface area contributed by atoms with E-state index in [-0.39, 0.29) is 0 Å². The summed E-state index contributed by atoms with van der Waals surface area (Å²) in [5.74, 6) is 1.45. The Kier molecular flexibility index (Phi) is 3.05. The van der Waals surface area contributed by atoms with Gasteiger partial charge in [0, 0.05) is 51.3 Å². The SMILES string of the molecule is CN1CCN(c2nc(N)c3c(n2)CCNC3)CC1. The van der Waals surface area contributed by atoms with E-state index in [2.05, 4.69) is 27.1 Å². The van der Waals surface area contributed by atoms with Gasteiger partial charge in [-0.25, -0.2) is 4.98 Å². The molecule has 6 heteroatoms. The number of likely N-dealkylation sites (N-methyl/N-ethyl adjacent to an activating group) is 1. The number of anilines is 2. The van der Waals surface area contributed by atoms with Gasteiger partial charge in [-0.1, -0.05) is 0 Å². The molecule has 0 unspecified atom stereocenters. The average molecular weight is 248 g/mol. The molecule has 2 aliphatic heterocycles. The summed E-state index contributed by atoms with van der Waals surface area (Å²) < 4.78 is 0. The lowest BCUT2D eigenvalue weighted by Gasteiger charge is -2.33. The fourth-order valence-corrected chi connectivity index (χ4v) is 2.50. The smallest absolute Gasteiger partial charge is 0.227 e. The third kappa shape index (κ3) is 2.13. The van der Waals surface area contributed by atoms with Gasteiger partial charge in [-0.3, -0.25) is 0 Å². The summed E-state index contributed by atoms with van der Waals surface area (Å²) in [4.78, 5) is 13.7. The minimum atomic E-state index is 0.640. The van der Waals surface area contributed by atoms with Crippen molar-refractivity contribution >= 4 is 11.8 Å². The lowest BCUT2D eigenvalue weighted by molar-refractivity contribution is 0.311. The maximum atomic E-state index is 6.05. The fraction of sp³-hybridized carbons (Fsp3) is 0.667. The van der Waals surface area contributed by atoms with Gasteiger partial charge in [0.1, 0.15) is 5.82 Å². The summed E-state index contributed by atoms with van der Waals surface area (Å²) in [7, 11) is 2.14. The third-order valence-corrected chi connectivity index (χ3v) is 3.74. The van der Waals surface area contributed by atoms with Crippen LogP contribution in [0.2, 0.25) is 0 Å². The topological polar surface area (TPSA) is 70.3 Å². The van der Waals surface area contributed by atoms with Crippen LogP contribution in [0.25, 0.3) is 0 Å². The average Bonchev–Trinajstić information content (AvgIpc) is 2.39. The number of fused-ring (bicyclic) bond motifs is 1. The zero-order valence-corrected chi connectivity index (χ0v) is 10.8. The Labute approximate surface area is 107 Å². The normalized spacial score (nSPS) is 20.8. The number of rotatable bonds is 1. The minimum Gasteiger partial charge on any atom is -0.383 e. The van der Waals surface area contributed by atoms with Gasteiger partial charge in [0.05, 0.1) is 5.69 Å². The summed E-state index contributed by atoms with van der Waals surface area (Å²) in [6.07, 6.45) is 0.947. The molecule has 1 fully saturated rings. The van der Waals surface area contributed by atoms with Crippen LogP contribution in [0.5, 0.6) is 0 Å². The van der Waals surface area contributed by atoms with Crippen molar-refractivity contribution in [2.75, 3.05) is 50.4 Å². The third-order valence-electron chi connectivity index (χ3n) is 3.74. The molecule has 0 atom stereocenters. The molecule has 3 heterocycles. The van der Waals surface area contributed by atoms with Gasteiger partial charge in [0.25, 0.3) is 0 Å². The second-order valence-electron chi connectivity index (χ2n) is 5.05. The maximum absolute atomic E-state index is 6.05. The Morgan fingerprint density at radius 3 is 2.72 bits per heavy atom. The first-order valence-corrected chi connectivity index (χ1v) is 6.53. The number of aromatic nitrogens is 2. The highest BCUT2D eigenvalue weighted by molar-refractivity contribution is 5.49. The van der Waals surface area contributed by atoms with Crippen molar-refractivity contribution in [1.82, 2.24) is 20.2 Å². The molecule has 0 amide bonds. The predicted molar refractivity (Wildman–Crippen MR) is 71.6 cm³/mol. The first kappa shape index (κ1) is 11.7. The molecule has 1 saturated heterocycles. The van der Waals surface area contributed by atoms with Crippen LogP contribution in [0.3, 0.4) is 0 Å². The zero-order chi connectivity index (χ0) is 12.5. The van der Waals surface area contributed by atoms with E-state index < -0.39 is 0 Å². The Morgan fingerprint density at radius 1 is 1.17 bits per heavy atom. The summed E-state index contributed by atoms with van der Waals surface area (Å²) in [6, 6.07) is 0. The van der Waals surface area contributed by atoms with Crippen molar-refractivity contribution in [3.63, 3.8) is 0 Å². The van der Waals surface area contributed by atoms with Crippen LogP contribution in [-0.4, -0.2) is 54.6 Å². The summed E-state index contributed by atoms with van der Waals surface area (Å²) >= 11 is 0. The molecule has 1 aromatic heterocycles. The Hall–Kier alpha value is -1.40. The van der Waals surface area contributed by atoms with E-state index in [0.717, 1.165) is 62.9 Å². The fourth-order valence-electron chi connectivity index (χ4n) is 2.50. The molecule has 0 aliphatic carbocycles. The molecule has 1 aromatic rings. The largest absolute Gasteiger partial charge is 0.383 e. The first-order chi connectivity index (χ1) is 8.74. The van der Waals surface area contributed by atoms with Gasteiger partial charge in [0.15, 0.2) is 0 Å². The summed E-state index contributed by atoms with van der Waals surface area (Å²) in [5.41, 5.74) is 8.25. The monoisotopic (exact) mass is 248 g/mol. The van der Waals surface area contributed by atoms with Crippen molar-refractivity contribution in [2.45, 2.75) is 13.0 Å². The zero-order valence-electron chi connectivity index (χ0n) is 10.8. The lowest BCUT2D eigenvalue weighted by Crippen LogP contribution is -2.45. The van der Waals surface area contributed by atoms with Gasteiger partial charge >= 0.3 is 0 Å². The molecule has 0 saturated carbocycles. The standard InChI is InChI=1S/C12H20N6/c1-17-4-6-18(7-5-17)12-15-10-2-3-14-8-9(10)11(13)16-12/h14H,2-8H2,1H3,(H2,13,15,16).